The Morgan fingerprint density at radius 2 is 2.17 bits per heavy atom. The molecule has 0 bridgehead atoms. The first-order chi connectivity index (χ1) is 11.7. The molecule has 0 aliphatic carbocycles. The Labute approximate surface area is 141 Å². The van der Waals surface area contributed by atoms with Crippen LogP contribution in [0.25, 0.3) is 15.9 Å². The quantitative estimate of drug-likeness (QED) is 0.665. The van der Waals surface area contributed by atoms with Gasteiger partial charge in [0.05, 0.1) is 42.4 Å². The number of benzene rings is 1. The lowest BCUT2D eigenvalue weighted by Gasteiger charge is -2.25. The minimum absolute atomic E-state index is 0.177. The summed E-state index contributed by atoms with van der Waals surface area (Å²) >= 11 is 1.64. The number of anilines is 1. The highest BCUT2D eigenvalue weighted by Gasteiger charge is 2.16. The van der Waals surface area contributed by atoms with Crippen molar-refractivity contribution >= 4 is 32.7 Å². The van der Waals surface area contributed by atoms with E-state index in [-0.39, 0.29) is 5.69 Å². The summed E-state index contributed by atoms with van der Waals surface area (Å²) in [6.07, 6.45) is 1.55. The lowest BCUT2D eigenvalue weighted by molar-refractivity contribution is 0.0594. The van der Waals surface area contributed by atoms with Gasteiger partial charge in [0.25, 0.3) is 0 Å². The van der Waals surface area contributed by atoms with Crippen LogP contribution in [0.3, 0.4) is 0 Å². The molecule has 1 aliphatic heterocycles. The van der Waals surface area contributed by atoms with Crippen LogP contribution in [0.2, 0.25) is 0 Å². The molecule has 0 amide bonds. The van der Waals surface area contributed by atoms with Crippen LogP contribution in [-0.2, 0) is 9.47 Å². The molecule has 0 radical (unpaired) electrons. The molecule has 4 rings (SSSR count). The van der Waals surface area contributed by atoms with E-state index in [0.717, 1.165) is 47.3 Å². The van der Waals surface area contributed by atoms with E-state index < -0.39 is 5.97 Å². The highest BCUT2D eigenvalue weighted by atomic mass is 32.1. The number of aromatic nitrogens is 4. The van der Waals surface area contributed by atoms with E-state index in [4.69, 9.17) is 4.74 Å². The highest BCUT2D eigenvalue weighted by molar-refractivity contribution is 7.22. The van der Waals surface area contributed by atoms with Crippen LogP contribution < -0.4 is 4.90 Å². The molecule has 0 unspecified atom stereocenters. The summed E-state index contributed by atoms with van der Waals surface area (Å²) in [5.74, 6) is -0.505. The number of ether oxygens (including phenoxy) is 2. The second kappa shape index (κ2) is 6.17. The number of hydrogen-bond acceptors (Lipinski definition) is 8. The number of rotatable bonds is 3. The predicted molar refractivity (Wildman–Crippen MR) is 88.9 cm³/mol. The number of carbonyl (C=O) groups excluding carboxylic acids is 1. The molecular formula is C15H15N5O3S. The molecule has 0 N–H and O–H groups in total. The monoisotopic (exact) mass is 345 g/mol. The smallest absolute Gasteiger partial charge is 0.360 e. The van der Waals surface area contributed by atoms with Gasteiger partial charge in [0.1, 0.15) is 0 Å². The second-order valence-electron chi connectivity index (χ2n) is 5.29. The molecule has 9 heteroatoms. The van der Waals surface area contributed by atoms with Gasteiger partial charge in [-0.25, -0.2) is 14.5 Å². The Hall–Kier alpha value is -2.52. The first kappa shape index (κ1) is 15.0. The van der Waals surface area contributed by atoms with Gasteiger partial charge >= 0.3 is 5.97 Å². The van der Waals surface area contributed by atoms with Gasteiger partial charge in [0, 0.05) is 13.1 Å². The average Bonchev–Trinajstić information content (AvgIpc) is 3.28. The van der Waals surface area contributed by atoms with Crippen molar-refractivity contribution < 1.29 is 14.3 Å². The molecule has 0 spiro atoms. The van der Waals surface area contributed by atoms with Gasteiger partial charge in [-0.05, 0) is 18.2 Å². The van der Waals surface area contributed by atoms with Crippen LogP contribution in [0.5, 0.6) is 0 Å². The van der Waals surface area contributed by atoms with Crippen LogP contribution in [0.4, 0.5) is 5.13 Å². The first-order valence-corrected chi connectivity index (χ1v) is 8.30. The molecule has 24 heavy (non-hydrogen) atoms. The van der Waals surface area contributed by atoms with Crippen molar-refractivity contribution in [3.05, 3.63) is 30.1 Å². The van der Waals surface area contributed by atoms with Crippen LogP contribution in [-0.4, -0.2) is 59.4 Å². The van der Waals surface area contributed by atoms with Crippen LogP contribution in [0, 0.1) is 0 Å². The molecule has 1 saturated heterocycles. The molecule has 8 nitrogen and oxygen atoms in total. The minimum atomic E-state index is -0.505. The van der Waals surface area contributed by atoms with Crippen LogP contribution in [0.15, 0.2) is 24.4 Å². The van der Waals surface area contributed by atoms with Gasteiger partial charge in [-0.1, -0.05) is 16.6 Å². The number of hydrogen-bond donors (Lipinski definition) is 0. The molecule has 1 aliphatic rings. The Bertz CT molecular complexity index is 884. The van der Waals surface area contributed by atoms with E-state index in [0.29, 0.717) is 0 Å². The number of methoxy groups -OCH3 is 1. The summed E-state index contributed by atoms with van der Waals surface area (Å²) in [4.78, 5) is 18.4. The fourth-order valence-electron chi connectivity index (χ4n) is 2.52. The van der Waals surface area contributed by atoms with E-state index in [1.165, 1.54) is 7.11 Å². The first-order valence-electron chi connectivity index (χ1n) is 7.49. The number of fused-ring (bicyclic) bond motifs is 1. The van der Waals surface area contributed by atoms with Gasteiger partial charge in [-0.3, -0.25) is 0 Å². The summed E-state index contributed by atoms with van der Waals surface area (Å²) in [7, 11) is 1.32. The molecule has 0 saturated carbocycles. The van der Waals surface area contributed by atoms with Crippen LogP contribution >= 0.6 is 11.3 Å². The Kier molecular flexibility index (Phi) is 3.87. The molecule has 1 aromatic carbocycles. The molecular weight excluding hydrogens is 330 g/mol. The maximum Gasteiger partial charge on any atom is 0.360 e. The van der Waals surface area contributed by atoms with Gasteiger partial charge in [0.2, 0.25) is 0 Å². The highest BCUT2D eigenvalue weighted by Crippen LogP contribution is 2.30. The standard InChI is InChI=1S/C15H15N5O3S/c1-22-14(21)12-9-20(18-17-12)10-2-3-11-13(8-10)24-15(16-11)19-4-6-23-7-5-19/h2-3,8-9H,4-7H2,1H3. The summed E-state index contributed by atoms with van der Waals surface area (Å²) in [5, 5.41) is 8.81. The van der Waals surface area contributed by atoms with E-state index in [2.05, 4.69) is 24.9 Å². The maximum atomic E-state index is 11.5. The Morgan fingerprint density at radius 3 is 2.96 bits per heavy atom. The Morgan fingerprint density at radius 1 is 1.33 bits per heavy atom. The van der Waals surface area contributed by atoms with E-state index in [9.17, 15) is 4.79 Å². The lowest BCUT2D eigenvalue weighted by atomic mass is 10.3. The summed E-state index contributed by atoms with van der Waals surface area (Å²) in [6, 6.07) is 5.85. The number of thiazole rings is 1. The van der Waals surface area contributed by atoms with E-state index in [1.54, 1.807) is 22.2 Å². The topological polar surface area (TPSA) is 82.4 Å². The molecule has 124 valence electrons. The van der Waals surface area contributed by atoms with Crippen molar-refractivity contribution in [1.82, 2.24) is 20.0 Å². The second-order valence-corrected chi connectivity index (χ2v) is 6.30. The largest absolute Gasteiger partial charge is 0.464 e. The summed E-state index contributed by atoms with van der Waals surface area (Å²) < 4.78 is 12.6. The fourth-order valence-corrected chi connectivity index (χ4v) is 3.57. The zero-order chi connectivity index (χ0) is 16.5. The van der Waals surface area contributed by atoms with Crippen molar-refractivity contribution in [2.75, 3.05) is 38.3 Å². The number of esters is 1. The normalized spacial score (nSPS) is 15.0. The van der Waals surface area contributed by atoms with Crippen molar-refractivity contribution in [3.63, 3.8) is 0 Å². The van der Waals surface area contributed by atoms with Crippen molar-refractivity contribution in [1.29, 1.82) is 0 Å². The number of carbonyl (C=O) groups is 1. The molecule has 0 atom stereocenters. The fraction of sp³-hybridized carbons (Fsp3) is 0.333. The lowest BCUT2D eigenvalue weighted by Crippen LogP contribution is -2.36. The molecule has 3 aromatic rings. The SMILES string of the molecule is COC(=O)c1cn(-c2ccc3nc(N4CCOCC4)sc3c2)nn1. The van der Waals surface area contributed by atoms with Gasteiger partial charge in [0.15, 0.2) is 10.8 Å². The predicted octanol–water partition coefficient (Wildman–Crippen LogP) is 1.50. The van der Waals surface area contributed by atoms with Crippen molar-refractivity contribution in [2.45, 2.75) is 0 Å². The zero-order valence-electron chi connectivity index (χ0n) is 13.0. The number of morpholine rings is 1. The number of nitrogens with zero attached hydrogens (tertiary/aromatic N) is 5. The molecule has 3 heterocycles. The third-order valence-electron chi connectivity index (χ3n) is 3.79. The minimum Gasteiger partial charge on any atom is -0.464 e. The zero-order valence-corrected chi connectivity index (χ0v) is 13.8. The summed E-state index contributed by atoms with van der Waals surface area (Å²) in [6.45, 7) is 3.18. The van der Waals surface area contributed by atoms with E-state index in [1.807, 2.05) is 18.2 Å². The summed E-state index contributed by atoms with van der Waals surface area (Å²) in [5.41, 5.74) is 1.94. The van der Waals surface area contributed by atoms with Crippen molar-refractivity contribution in [3.8, 4) is 5.69 Å². The average molecular weight is 345 g/mol. The van der Waals surface area contributed by atoms with Gasteiger partial charge < -0.3 is 14.4 Å². The third kappa shape index (κ3) is 2.72. The third-order valence-corrected chi connectivity index (χ3v) is 4.87. The molecule has 2 aromatic heterocycles. The van der Waals surface area contributed by atoms with Gasteiger partial charge in [-0.15, -0.1) is 5.10 Å². The van der Waals surface area contributed by atoms with Crippen LogP contribution in [0.1, 0.15) is 10.5 Å². The maximum absolute atomic E-state index is 11.5. The molecule has 1 fully saturated rings. The Balaban J connectivity index is 1.65. The van der Waals surface area contributed by atoms with Crippen molar-refractivity contribution in [2.24, 2.45) is 0 Å². The van der Waals surface area contributed by atoms with Gasteiger partial charge in [-0.2, -0.15) is 0 Å². The van der Waals surface area contributed by atoms with E-state index >= 15 is 0 Å².